The van der Waals surface area contributed by atoms with Crippen LogP contribution < -0.4 is 5.32 Å². The van der Waals surface area contributed by atoms with Gasteiger partial charge in [-0.3, -0.25) is 9.48 Å². The Morgan fingerprint density at radius 3 is 2.52 bits per heavy atom. The summed E-state index contributed by atoms with van der Waals surface area (Å²) in [5.41, 5.74) is -0.157. The molecule has 0 spiro atoms. The van der Waals surface area contributed by atoms with Gasteiger partial charge in [0.15, 0.2) is 5.69 Å². The van der Waals surface area contributed by atoms with Crippen LogP contribution in [-0.4, -0.2) is 20.7 Å². The Labute approximate surface area is 180 Å². The maximum Gasteiger partial charge on any atom is 0.435 e. The van der Waals surface area contributed by atoms with E-state index >= 15 is 0 Å². The number of halogens is 3. The molecule has 2 aromatic carbocycles. The van der Waals surface area contributed by atoms with E-state index in [1.807, 2.05) is 56.3 Å². The summed E-state index contributed by atoms with van der Waals surface area (Å²) in [6, 6.07) is 12.6. The van der Waals surface area contributed by atoms with Crippen molar-refractivity contribution in [2.45, 2.75) is 26.1 Å². The second kappa shape index (κ2) is 7.81. The highest BCUT2D eigenvalue weighted by Gasteiger charge is 2.39. The molecule has 0 aliphatic rings. The molecule has 4 aromatic rings. The standard InChI is InChI=1S/C22H19F3N4OS/c1-12-13(2)31-21(26-12)18(16-10-6-8-14-7-4-5-9-15(14)16)27-20(30)17-11-29(3)28-19(17)22(23,24)25/h4-11,18H,1-3H3,(H,27,30). The van der Waals surface area contributed by atoms with Crippen molar-refractivity contribution in [2.24, 2.45) is 7.05 Å². The van der Waals surface area contributed by atoms with E-state index in [9.17, 15) is 18.0 Å². The number of benzene rings is 2. The van der Waals surface area contributed by atoms with Gasteiger partial charge < -0.3 is 5.32 Å². The monoisotopic (exact) mass is 444 g/mol. The maximum atomic E-state index is 13.4. The minimum absolute atomic E-state index is 0.523. The number of nitrogens with one attached hydrogen (secondary N) is 1. The molecule has 1 amide bonds. The molecule has 9 heteroatoms. The lowest BCUT2D eigenvalue weighted by atomic mass is 9.98. The number of hydrogen-bond donors (Lipinski definition) is 1. The normalized spacial score (nSPS) is 12.8. The fourth-order valence-corrected chi connectivity index (χ4v) is 4.46. The van der Waals surface area contributed by atoms with Gasteiger partial charge in [-0.2, -0.15) is 18.3 Å². The molecule has 1 atom stereocenters. The summed E-state index contributed by atoms with van der Waals surface area (Å²) in [5, 5.41) is 8.68. The molecule has 0 radical (unpaired) electrons. The van der Waals surface area contributed by atoms with E-state index in [0.717, 1.165) is 37.8 Å². The zero-order valence-electron chi connectivity index (χ0n) is 17.0. The Morgan fingerprint density at radius 2 is 1.84 bits per heavy atom. The molecular weight excluding hydrogens is 425 g/mol. The molecule has 0 bridgehead atoms. The Hall–Kier alpha value is -3.20. The third kappa shape index (κ3) is 4.05. The smallest absolute Gasteiger partial charge is 0.339 e. The minimum Gasteiger partial charge on any atom is -0.339 e. The number of carbonyl (C=O) groups is 1. The molecule has 5 nitrogen and oxygen atoms in total. The van der Waals surface area contributed by atoms with E-state index in [4.69, 9.17) is 0 Å². The summed E-state index contributed by atoms with van der Waals surface area (Å²) in [6.45, 7) is 3.78. The van der Waals surface area contributed by atoms with Gasteiger partial charge in [-0.15, -0.1) is 11.3 Å². The largest absolute Gasteiger partial charge is 0.435 e. The first-order valence-electron chi connectivity index (χ1n) is 9.48. The van der Waals surface area contributed by atoms with Crippen LogP contribution >= 0.6 is 11.3 Å². The van der Waals surface area contributed by atoms with Gasteiger partial charge in [-0.1, -0.05) is 42.5 Å². The number of hydrogen-bond acceptors (Lipinski definition) is 4. The topological polar surface area (TPSA) is 59.8 Å². The first-order chi connectivity index (χ1) is 14.6. The fraction of sp³-hybridized carbons (Fsp3) is 0.227. The molecule has 31 heavy (non-hydrogen) atoms. The number of fused-ring (bicyclic) bond motifs is 1. The Kier molecular flexibility index (Phi) is 5.30. The quantitative estimate of drug-likeness (QED) is 0.472. The molecular formula is C22H19F3N4OS. The fourth-order valence-electron chi connectivity index (χ4n) is 3.47. The number of carbonyl (C=O) groups excluding carboxylic acids is 1. The van der Waals surface area contributed by atoms with Crippen LogP contribution in [0.4, 0.5) is 13.2 Å². The highest BCUT2D eigenvalue weighted by Crippen LogP contribution is 2.34. The molecule has 0 aliphatic carbocycles. The van der Waals surface area contributed by atoms with Crippen molar-refractivity contribution in [3.63, 3.8) is 0 Å². The summed E-state index contributed by atoms with van der Waals surface area (Å²) < 4.78 is 41.2. The molecule has 0 fully saturated rings. The number of alkyl halides is 3. The van der Waals surface area contributed by atoms with Crippen LogP contribution in [0.5, 0.6) is 0 Å². The number of nitrogens with zero attached hydrogens (tertiary/aromatic N) is 3. The predicted molar refractivity (Wildman–Crippen MR) is 113 cm³/mol. The number of amides is 1. The first kappa shape index (κ1) is 21.0. The van der Waals surface area contributed by atoms with Gasteiger partial charge in [0.05, 0.1) is 11.3 Å². The van der Waals surface area contributed by atoms with Crippen molar-refractivity contribution in [2.75, 3.05) is 0 Å². The van der Waals surface area contributed by atoms with Gasteiger partial charge in [-0.25, -0.2) is 4.98 Å². The van der Waals surface area contributed by atoms with E-state index in [1.54, 1.807) is 0 Å². The molecule has 1 N–H and O–H groups in total. The highest BCUT2D eigenvalue weighted by molar-refractivity contribution is 7.11. The van der Waals surface area contributed by atoms with Gasteiger partial charge in [0.25, 0.3) is 5.91 Å². The number of rotatable bonds is 4. The number of thiazole rings is 1. The lowest BCUT2D eigenvalue weighted by Crippen LogP contribution is -2.30. The molecule has 4 rings (SSSR count). The van der Waals surface area contributed by atoms with Crippen molar-refractivity contribution >= 4 is 28.0 Å². The van der Waals surface area contributed by atoms with Gasteiger partial charge in [0.1, 0.15) is 11.0 Å². The van der Waals surface area contributed by atoms with Crippen LogP contribution in [0, 0.1) is 13.8 Å². The zero-order valence-corrected chi connectivity index (χ0v) is 17.8. The molecule has 160 valence electrons. The second-order valence-electron chi connectivity index (χ2n) is 7.23. The lowest BCUT2D eigenvalue weighted by molar-refractivity contribution is -0.141. The third-order valence-electron chi connectivity index (χ3n) is 5.04. The van der Waals surface area contributed by atoms with Crippen molar-refractivity contribution in [1.29, 1.82) is 0 Å². The summed E-state index contributed by atoms with van der Waals surface area (Å²) in [6.07, 6.45) is -3.66. The third-order valence-corrected chi connectivity index (χ3v) is 6.18. The Balaban J connectivity index is 1.82. The van der Waals surface area contributed by atoms with Crippen LogP contribution in [0.2, 0.25) is 0 Å². The van der Waals surface area contributed by atoms with Crippen LogP contribution in [-0.2, 0) is 13.2 Å². The SMILES string of the molecule is Cc1nc(C(NC(=O)c2cn(C)nc2C(F)(F)F)c2cccc3ccccc23)sc1C. The van der Waals surface area contributed by atoms with Gasteiger partial charge >= 0.3 is 6.18 Å². The van der Waals surface area contributed by atoms with Gasteiger partial charge in [-0.05, 0) is 30.2 Å². The maximum absolute atomic E-state index is 13.4. The van der Waals surface area contributed by atoms with Gasteiger partial charge in [0.2, 0.25) is 0 Å². The van der Waals surface area contributed by atoms with Crippen LogP contribution in [0.3, 0.4) is 0 Å². The minimum atomic E-state index is -4.74. The summed E-state index contributed by atoms with van der Waals surface area (Å²) in [4.78, 5) is 18.6. The van der Waals surface area contributed by atoms with Crippen molar-refractivity contribution < 1.29 is 18.0 Å². The molecule has 0 saturated carbocycles. The second-order valence-corrected chi connectivity index (χ2v) is 8.47. The van der Waals surface area contributed by atoms with Crippen molar-refractivity contribution in [1.82, 2.24) is 20.1 Å². The Morgan fingerprint density at radius 1 is 1.13 bits per heavy atom. The van der Waals surface area contributed by atoms with Crippen molar-refractivity contribution in [3.8, 4) is 0 Å². The average molecular weight is 444 g/mol. The molecule has 2 aromatic heterocycles. The average Bonchev–Trinajstić information content (AvgIpc) is 3.28. The molecule has 2 heterocycles. The van der Waals surface area contributed by atoms with E-state index in [-0.39, 0.29) is 0 Å². The molecule has 0 aliphatic heterocycles. The lowest BCUT2D eigenvalue weighted by Gasteiger charge is -2.19. The first-order valence-corrected chi connectivity index (χ1v) is 10.3. The predicted octanol–water partition coefficient (Wildman–Crippen LogP) is 5.18. The molecule has 1 unspecified atom stereocenters. The van der Waals surface area contributed by atoms with Crippen LogP contribution in [0.15, 0.2) is 48.7 Å². The number of aryl methyl sites for hydroxylation is 3. The van der Waals surface area contributed by atoms with Gasteiger partial charge in [0, 0.05) is 18.1 Å². The highest BCUT2D eigenvalue weighted by atomic mass is 32.1. The van der Waals surface area contributed by atoms with Crippen molar-refractivity contribution in [3.05, 3.63) is 81.1 Å². The van der Waals surface area contributed by atoms with E-state index in [1.165, 1.54) is 18.4 Å². The number of aromatic nitrogens is 3. The van der Waals surface area contributed by atoms with Crippen LogP contribution in [0.25, 0.3) is 10.8 Å². The van der Waals surface area contributed by atoms with E-state index < -0.39 is 29.4 Å². The van der Waals surface area contributed by atoms with Crippen LogP contribution in [0.1, 0.15) is 43.2 Å². The van der Waals surface area contributed by atoms with E-state index in [2.05, 4.69) is 15.4 Å². The molecule has 0 saturated heterocycles. The Bertz CT molecular complexity index is 1250. The summed E-state index contributed by atoms with van der Waals surface area (Å²) in [7, 11) is 1.35. The summed E-state index contributed by atoms with van der Waals surface area (Å²) in [5.74, 6) is -0.858. The van der Waals surface area contributed by atoms with E-state index in [0.29, 0.717) is 5.01 Å². The zero-order chi connectivity index (χ0) is 22.3. The summed E-state index contributed by atoms with van der Waals surface area (Å²) >= 11 is 1.41.